The van der Waals surface area contributed by atoms with E-state index in [1.807, 2.05) is 38.2 Å². The first kappa shape index (κ1) is 7.86. The molecule has 0 unspecified atom stereocenters. The van der Waals surface area contributed by atoms with Gasteiger partial charge in [-0.1, -0.05) is 24.3 Å². The van der Waals surface area contributed by atoms with Gasteiger partial charge in [0.2, 0.25) is 0 Å². The van der Waals surface area contributed by atoms with Crippen LogP contribution in [0, 0.1) is 6.92 Å². The van der Waals surface area contributed by atoms with Gasteiger partial charge in [0.25, 0.3) is 0 Å². The molecule has 0 aliphatic rings. The van der Waals surface area contributed by atoms with Gasteiger partial charge in [0.15, 0.2) is 0 Å². The van der Waals surface area contributed by atoms with Crippen LogP contribution in [-0.4, -0.2) is 0 Å². The predicted octanol–water partition coefficient (Wildman–Crippen LogP) is 3.18. The lowest BCUT2D eigenvalue weighted by Gasteiger charge is -1.83. The number of rotatable bonds is 2. The highest BCUT2D eigenvalue weighted by molar-refractivity contribution is 5.52. The van der Waals surface area contributed by atoms with Crippen molar-refractivity contribution in [3.05, 3.63) is 41.9 Å². The summed E-state index contributed by atoms with van der Waals surface area (Å²) in [5.41, 5.74) is 2.31. The Morgan fingerprint density at radius 1 is 1.27 bits per heavy atom. The van der Waals surface area contributed by atoms with Crippen molar-refractivity contribution in [2.75, 3.05) is 0 Å². The summed E-state index contributed by atoms with van der Waals surface area (Å²) in [7, 11) is 0. The van der Waals surface area contributed by atoms with Crippen LogP contribution in [0.4, 0.5) is 0 Å². The summed E-state index contributed by atoms with van der Waals surface area (Å²) in [4.78, 5) is 0. The Labute approximate surface area is 67.0 Å². The monoisotopic (exact) mass is 148 g/mol. The lowest BCUT2D eigenvalue weighted by atomic mass is 10.2. The fourth-order valence-electron chi connectivity index (χ4n) is 0.811. The first-order chi connectivity index (χ1) is 5.34. The van der Waals surface area contributed by atoms with Gasteiger partial charge in [0.1, 0.15) is 0 Å². The summed E-state index contributed by atoms with van der Waals surface area (Å²) in [6.07, 6.45) is 11.5. The van der Waals surface area contributed by atoms with Crippen molar-refractivity contribution < 1.29 is 4.42 Å². The molecule has 1 aromatic heterocycles. The van der Waals surface area contributed by atoms with E-state index in [2.05, 4.69) is 0 Å². The maximum atomic E-state index is 5.00. The van der Waals surface area contributed by atoms with Crippen molar-refractivity contribution in [2.24, 2.45) is 0 Å². The van der Waals surface area contributed by atoms with Crippen LogP contribution < -0.4 is 0 Å². The van der Waals surface area contributed by atoms with Gasteiger partial charge in [-0.25, -0.2) is 0 Å². The van der Waals surface area contributed by atoms with Crippen molar-refractivity contribution >= 4 is 6.08 Å². The molecule has 1 aromatic rings. The first-order valence-corrected chi connectivity index (χ1v) is 3.66. The molecule has 1 heterocycles. The highest BCUT2D eigenvalue weighted by Gasteiger charge is 1.92. The van der Waals surface area contributed by atoms with E-state index < -0.39 is 0 Å². The Hall–Kier alpha value is -1.24. The molecule has 1 nitrogen and oxygen atoms in total. The number of aryl methyl sites for hydroxylation is 1. The molecule has 0 aliphatic carbocycles. The SMILES string of the molecule is C/C=C\C=C/c1cocc1C. The maximum absolute atomic E-state index is 5.00. The van der Waals surface area contributed by atoms with E-state index in [0.717, 1.165) is 5.56 Å². The zero-order valence-corrected chi connectivity index (χ0v) is 6.87. The smallest absolute Gasteiger partial charge is 0.0977 e. The molecule has 1 rings (SSSR count). The van der Waals surface area contributed by atoms with E-state index in [9.17, 15) is 0 Å². The van der Waals surface area contributed by atoms with Gasteiger partial charge < -0.3 is 4.42 Å². The van der Waals surface area contributed by atoms with Crippen molar-refractivity contribution in [3.63, 3.8) is 0 Å². The summed E-state index contributed by atoms with van der Waals surface area (Å²) in [6.45, 7) is 4.02. The van der Waals surface area contributed by atoms with Crippen LogP contribution in [0.15, 0.2) is 35.2 Å². The van der Waals surface area contributed by atoms with E-state index in [4.69, 9.17) is 4.42 Å². The van der Waals surface area contributed by atoms with E-state index in [-0.39, 0.29) is 0 Å². The van der Waals surface area contributed by atoms with Crippen LogP contribution in [0.3, 0.4) is 0 Å². The quantitative estimate of drug-likeness (QED) is 0.587. The summed E-state index contributed by atoms with van der Waals surface area (Å²) in [5, 5.41) is 0. The molecule has 11 heavy (non-hydrogen) atoms. The predicted molar refractivity (Wildman–Crippen MR) is 47.3 cm³/mol. The molecule has 0 fully saturated rings. The molecule has 0 radical (unpaired) electrons. The van der Waals surface area contributed by atoms with Crippen molar-refractivity contribution in [1.29, 1.82) is 0 Å². The first-order valence-electron chi connectivity index (χ1n) is 3.66. The number of allylic oxidation sites excluding steroid dienone is 3. The Morgan fingerprint density at radius 2 is 2.09 bits per heavy atom. The van der Waals surface area contributed by atoms with Crippen molar-refractivity contribution in [3.8, 4) is 0 Å². The van der Waals surface area contributed by atoms with E-state index >= 15 is 0 Å². The number of hydrogen-bond acceptors (Lipinski definition) is 1. The van der Waals surface area contributed by atoms with Gasteiger partial charge >= 0.3 is 0 Å². The summed E-state index contributed by atoms with van der Waals surface area (Å²) in [5.74, 6) is 0. The van der Waals surface area contributed by atoms with Gasteiger partial charge in [-0.15, -0.1) is 0 Å². The molecule has 0 amide bonds. The molecule has 0 aliphatic heterocycles. The summed E-state index contributed by atoms with van der Waals surface area (Å²) >= 11 is 0. The molecule has 0 N–H and O–H groups in total. The average Bonchev–Trinajstić information content (AvgIpc) is 2.37. The van der Waals surface area contributed by atoms with Crippen LogP contribution in [0.2, 0.25) is 0 Å². The molecule has 0 saturated carbocycles. The third kappa shape index (κ3) is 2.11. The van der Waals surface area contributed by atoms with E-state index in [0.29, 0.717) is 0 Å². The minimum absolute atomic E-state index is 1.14. The van der Waals surface area contributed by atoms with Crippen LogP contribution in [0.1, 0.15) is 18.1 Å². The summed E-state index contributed by atoms with van der Waals surface area (Å²) < 4.78 is 5.00. The van der Waals surface area contributed by atoms with Crippen molar-refractivity contribution in [2.45, 2.75) is 13.8 Å². The van der Waals surface area contributed by atoms with Gasteiger partial charge in [-0.2, -0.15) is 0 Å². The Balaban J connectivity index is 2.71. The Kier molecular flexibility index (Phi) is 2.73. The van der Waals surface area contributed by atoms with Gasteiger partial charge in [-0.3, -0.25) is 0 Å². The molecule has 58 valence electrons. The van der Waals surface area contributed by atoms with Gasteiger partial charge in [0, 0.05) is 5.56 Å². The molecular formula is C10H12O. The highest BCUT2D eigenvalue weighted by Crippen LogP contribution is 2.10. The molecule has 0 atom stereocenters. The lowest BCUT2D eigenvalue weighted by Crippen LogP contribution is -1.67. The highest BCUT2D eigenvalue weighted by atomic mass is 16.3. The molecular weight excluding hydrogens is 136 g/mol. The molecule has 0 bridgehead atoms. The number of hydrogen-bond donors (Lipinski definition) is 0. The zero-order valence-electron chi connectivity index (χ0n) is 6.87. The van der Waals surface area contributed by atoms with Crippen LogP contribution >= 0.6 is 0 Å². The zero-order chi connectivity index (χ0) is 8.10. The van der Waals surface area contributed by atoms with Crippen LogP contribution in [0.5, 0.6) is 0 Å². The average molecular weight is 148 g/mol. The fourth-order valence-corrected chi connectivity index (χ4v) is 0.811. The second-order valence-corrected chi connectivity index (χ2v) is 2.40. The third-order valence-electron chi connectivity index (χ3n) is 1.47. The second kappa shape index (κ2) is 3.81. The standard InChI is InChI=1S/C10H12O/c1-3-4-5-6-10-8-11-7-9(10)2/h3-8H,1-2H3/b4-3-,6-5-. The molecule has 0 spiro atoms. The summed E-state index contributed by atoms with van der Waals surface area (Å²) in [6, 6.07) is 0. The lowest BCUT2D eigenvalue weighted by molar-refractivity contribution is 0.565. The largest absolute Gasteiger partial charge is 0.472 e. The van der Waals surface area contributed by atoms with Gasteiger partial charge in [0.05, 0.1) is 12.5 Å². The maximum Gasteiger partial charge on any atom is 0.0977 e. The second-order valence-electron chi connectivity index (χ2n) is 2.40. The van der Waals surface area contributed by atoms with Crippen molar-refractivity contribution in [1.82, 2.24) is 0 Å². The third-order valence-corrected chi connectivity index (χ3v) is 1.47. The van der Waals surface area contributed by atoms with Crippen LogP contribution in [-0.2, 0) is 0 Å². The molecule has 0 saturated heterocycles. The van der Waals surface area contributed by atoms with E-state index in [1.165, 1.54) is 5.56 Å². The van der Waals surface area contributed by atoms with Gasteiger partial charge in [-0.05, 0) is 19.4 Å². The molecule has 1 heteroatoms. The normalized spacial score (nSPS) is 11.8. The fraction of sp³-hybridized carbons (Fsp3) is 0.200. The van der Waals surface area contributed by atoms with Crippen LogP contribution in [0.25, 0.3) is 6.08 Å². The topological polar surface area (TPSA) is 13.1 Å². The van der Waals surface area contributed by atoms with E-state index in [1.54, 1.807) is 12.5 Å². The minimum Gasteiger partial charge on any atom is -0.472 e. The number of furan rings is 1. The molecule has 0 aromatic carbocycles. The Morgan fingerprint density at radius 3 is 2.64 bits per heavy atom. The Bertz CT molecular complexity index is 266. The minimum atomic E-state index is 1.14.